The first-order valence-corrected chi connectivity index (χ1v) is 12.5. The minimum Gasteiger partial charge on any atom is -0.388 e. The summed E-state index contributed by atoms with van der Waals surface area (Å²) in [5.74, 6) is 2.66. The number of hydrogen-bond acceptors (Lipinski definition) is 3. The molecule has 1 aliphatic heterocycles. The van der Waals surface area contributed by atoms with Gasteiger partial charge in [0.15, 0.2) is 0 Å². The molecular formula is C27H43NO2. The number of ether oxygens (including phenoxy) is 1. The van der Waals surface area contributed by atoms with Gasteiger partial charge < -0.3 is 9.84 Å². The molecule has 6 atom stereocenters. The lowest BCUT2D eigenvalue weighted by Gasteiger charge is -2.45. The van der Waals surface area contributed by atoms with Crippen LogP contribution in [0.25, 0.3) is 0 Å². The SMILES string of the molecule is C=C1/C(=C\C=C2/CCCC3(C)C2CCC3C(C)CN2CCOCC2)CCC(C)[C@@H]1O. The molecular weight excluding hydrogens is 370 g/mol. The lowest BCUT2D eigenvalue weighted by Crippen LogP contribution is -2.43. The Hall–Kier alpha value is -0.900. The van der Waals surface area contributed by atoms with Crippen LogP contribution in [-0.2, 0) is 4.74 Å². The molecule has 0 aromatic heterocycles. The molecule has 1 N–H and O–H groups in total. The van der Waals surface area contributed by atoms with E-state index >= 15 is 0 Å². The predicted molar refractivity (Wildman–Crippen MR) is 124 cm³/mol. The van der Waals surface area contributed by atoms with E-state index in [1.54, 1.807) is 5.57 Å². The molecule has 0 radical (unpaired) electrons. The van der Waals surface area contributed by atoms with Crippen molar-refractivity contribution in [1.29, 1.82) is 0 Å². The zero-order valence-corrected chi connectivity index (χ0v) is 19.5. The Labute approximate surface area is 184 Å². The van der Waals surface area contributed by atoms with Crippen LogP contribution in [0.3, 0.4) is 0 Å². The summed E-state index contributed by atoms with van der Waals surface area (Å²) in [5, 5.41) is 10.4. The first-order chi connectivity index (χ1) is 14.4. The van der Waals surface area contributed by atoms with Crippen molar-refractivity contribution < 1.29 is 9.84 Å². The molecule has 30 heavy (non-hydrogen) atoms. The number of rotatable bonds is 4. The van der Waals surface area contributed by atoms with Gasteiger partial charge in [0.25, 0.3) is 0 Å². The third-order valence-electron chi connectivity index (χ3n) is 9.05. The zero-order valence-electron chi connectivity index (χ0n) is 19.5. The third-order valence-corrected chi connectivity index (χ3v) is 9.05. The molecule has 0 spiro atoms. The lowest BCUT2D eigenvalue weighted by atomic mass is 9.61. The molecule has 168 valence electrons. The van der Waals surface area contributed by atoms with Gasteiger partial charge in [0, 0.05) is 19.6 Å². The Bertz CT molecular complexity index is 689. The summed E-state index contributed by atoms with van der Waals surface area (Å²) >= 11 is 0. The van der Waals surface area contributed by atoms with Crippen LogP contribution in [0, 0.1) is 29.1 Å². The van der Waals surface area contributed by atoms with Crippen molar-refractivity contribution >= 4 is 0 Å². The van der Waals surface area contributed by atoms with E-state index in [1.807, 2.05) is 0 Å². The molecule has 4 fully saturated rings. The van der Waals surface area contributed by atoms with Gasteiger partial charge in [-0.1, -0.05) is 45.1 Å². The van der Waals surface area contributed by atoms with E-state index in [2.05, 4.69) is 44.4 Å². The van der Waals surface area contributed by atoms with Gasteiger partial charge >= 0.3 is 0 Å². The van der Waals surface area contributed by atoms with Gasteiger partial charge in [-0.15, -0.1) is 0 Å². The fourth-order valence-electron chi connectivity index (χ4n) is 7.17. The molecule has 4 rings (SSSR count). The normalized spacial score (nSPS) is 41.9. The maximum atomic E-state index is 10.4. The summed E-state index contributed by atoms with van der Waals surface area (Å²) < 4.78 is 5.55. The highest BCUT2D eigenvalue weighted by molar-refractivity contribution is 5.38. The molecule has 3 saturated carbocycles. The summed E-state index contributed by atoms with van der Waals surface area (Å²) in [6, 6.07) is 0. The average molecular weight is 414 g/mol. The number of fused-ring (bicyclic) bond motifs is 1. The number of allylic oxidation sites excluding steroid dienone is 3. The largest absolute Gasteiger partial charge is 0.388 e. The van der Waals surface area contributed by atoms with Gasteiger partial charge in [-0.2, -0.15) is 0 Å². The van der Waals surface area contributed by atoms with E-state index < -0.39 is 0 Å². The van der Waals surface area contributed by atoms with Crippen LogP contribution in [0.5, 0.6) is 0 Å². The summed E-state index contributed by atoms with van der Waals surface area (Å²) in [4.78, 5) is 2.62. The summed E-state index contributed by atoms with van der Waals surface area (Å²) in [6.07, 6.45) is 13.2. The van der Waals surface area contributed by atoms with E-state index in [0.29, 0.717) is 11.3 Å². The van der Waals surface area contributed by atoms with E-state index in [1.165, 1.54) is 44.2 Å². The van der Waals surface area contributed by atoms with Gasteiger partial charge in [-0.05, 0) is 85.2 Å². The van der Waals surface area contributed by atoms with Crippen LogP contribution >= 0.6 is 0 Å². The molecule has 0 amide bonds. The molecule has 0 bridgehead atoms. The highest BCUT2D eigenvalue weighted by atomic mass is 16.5. The van der Waals surface area contributed by atoms with Gasteiger partial charge in [0.2, 0.25) is 0 Å². The van der Waals surface area contributed by atoms with Crippen LogP contribution in [0.4, 0.5) is 0 Å². The number of aliphatic hydroxyl groups is 1. The van der Waals surface area contributed by atoms with Crippen molar-refractivity contribution in [1.82, 2.24) is 4.90 Å². The monoisotopic (exact) mass is 413 g/mol. The minimum absolute atomic E-state index is 0.337. The minimum atomic E-state index is -0.364. The summed E-state index contributed by atoms with van der Waals surface area (Å²) in [5.41, 5.74) is 4.34. The topological polar surface area (TPSA) is 32.7 Å². The molecule has 1 heterocycles. The Morgan fingerprint density at radius 2 is 1.97 bits per heavy atom. The van der Waals surface area contributed by atoms with Crippen LogP contribution in [0.2, 0.25) is 0 Å². The van der Waals surface area contributed by atoms with Crippen LogP contribution in [0.15, 0.2) is 35.5 Å². The number of nitrogens with zero attached hydrogens (tertiary/aromatic N) is 1. The average Bonchev–Trinajstić information content (AvgIpc) is 3.10. The molecule has 0 aromatic carbocycles. The van der Waals surface area contributed by atoms with Crippen LogP contribution < -0.4 is 0 Å². The predicted octanol–water partition coefficient (Wildman–Crippen LogP) is 5.37. The Balaban J connectivity index is 1.46. The van der Waals surface area contributed by atoms with Crippen LogP contribution in [-0.4, -0.2) is 49.0 Å². The maximum Gasteiger partial charge on any atom is 0.0812 e. The molecule has 0 aromatic rings. The molecule has 3 nitrogen and oxygen atoms in total. The quantitative estimate of drug-likeness (QED) is 0.672. The third kappa shape index (κ3) is 4.36. The van der Waals surface area contributed by atoms with Crippen LogP contribution in [0.1, 0.15) is 65.7 Å². The highest BCUT2D eigenvalue weighted by Crippen LogP contribution is 2.59. The molecule has 3 heteroatoms. The van der Waals surface area contributed by atoms with Gasteiger partial charge in [0.05, 0.1) is 19.3 Å². The molecule has 1 saturated heterocycles. The van der Waals surface area contributed by atoms with Crippen molar-refractivity contribution in [3.05, 3.63) is 35.5 Å². The summed E-state index contributed by atoms with van der Waals surface area (Å²) in [6.45, 7) is 16.7. The van der Waals surface area contributed by atoms with E-state index in [0.717, 1.165) is 62.5 Å². The van der Waals surface area contributed by atoms with Gasteiger partial charge in [0.1, 0.15) is 0 Å². The first kappa shape index (κ1) is 22.3. The number of morpholine rings is 1. The standard InChI is InChI=1S/C27H43NO2/c1-19-7-8-22(21(3)26(19)29)9-10-23-6-5-13-27(4)24(11-12-25(23)27)20(2)18-28-14-16-30-17-15-28/h9-10,19-20,24-26,29H,3,5-8,11-18H2,1-2,4H3/b22-9-,23-10+/t19?,20?,24?,25?,26-,27?/m0/s1. The molecule has 3 aliphatic carbocycles. The van der Waals surface area contributed by atoms with Crippen molar-refractivity contribution in [2.24, 2.45) is 29.1 Å². The van der Waals surface area contributed by atoms with E-state index in [-0.39, 0.29) is 6.10 Å². The lowest BCUT2D eigenvalue weighted by molar-refractivity contribution is 0.0155. The van der Waals surface area contributed by atoms with Crippen molar-refractivity contribution in [3.63, 3.8) is 0 Å². The Morgan fingerprint density at radius 1 is 1.20 bits per heavy atom. The molecule has 5 unspecified atom stereocenters. The smallest absolute Gasteiger partial charge is 0.0812 e. The summed E-state index contributed by atoms with van der Waals surface area (Å²) in [7, 11) is 0. The maximum absolute atomic E-state index is 10.4. The van der Waals surface area contributed by atoms with Crippen molar-refractivity contribution in [2.75, 3.05) is 32.8 Å². The van der Waals surface area contributed by atoms with Gasteiger partial charge in [-0.25, -0.2) is 0 Å². The number of hydrogen-bond donors (Lipinski definition) is 1. The first-order valence-electron chi connectivity index (χ1n) is 12.5. The van der Waals surface area contributed by atoms with Crippen molar-refractivity contribution in [2.45, 2.75) is 71.8 Å². The Kier molecular flexibility index (Phi) is 6.91. The van der Waals surface area contributed by atoms with E-state index in [9.17, 15) is 5.11 Å². The molecule has 4 aliphatic rings. The second-order valence-electron chi connectivity index (χ2n) is 10.9. The highest BCUT2D eigenvalue weighted by Gasteiger charge is 2.50. The fourth-order valence-corrected chi connectivity index (χ4v) is 7.17. The Morgan fingerprint density at radius 3 is 2.73 bits per heavy atom. The fraction of sp³-hybridized carbons (Fsp3) is 0.778. The number of aliphatic hydroxyl groups excluding tert-OH is 1. The zero-order chi connectivity index (χ0) is 21.3. The van der Waals surface area contributed by atoms with Crippen molar-refractivity contribution in [3.8, 4) is 0 Å². The second kappa shape index (κ2) is 9.30. The second-order valence-corrected chi connectivity index (χ2v) is 10.9. The van der Waals surface area contributed by atoms with E-state index in [4.69, 9.17) is 4.74 Å². The van der Waals surface area contributed by atoms with Gasteiger partial charge in [-0.3, -0.25) is 4.90 Å².